The monoisotopic (exact) mass is 461 g/mol. The van der Waals surface area contributed by atoms with Crippen molar-refractivity contribution in [3.05, 3.63) is 43.3 Å². The van der Waals surface area contributed by atoms with Crippen LogP contribution in [0.1, 0.15) is 48.5 Å². The van der Waals surface area contributed by atoms with Gasteiger partial charge in [-0.05, 0) is 27.7 Å². The van der Waals surface area contributed by atoms with Gasteiger partial charge in [0.2, 0.25) is 0 Å². The van der Waals surface area contributed by atoms with Gasteiger partial charge in [0.05, 0.1) is 0 Å². The molecule has 0 atom stereocenters. The molecular formula is C20H35ClNPPd. The first kappa shape index (κ1) is 26.2. The third kappa shape index (κ3) is 10.1. The minimum atomic E-state index is -0.188. The number of nitrogens with zero attached hydrogens (tertiary/aromatic N) is 1. The van der Waals surface area contributed by atoms with Crippen LogP contribution in [0.2, 0.25) is 0 Å². The molecule has 0 aliphatic rings. The van der Waals surface area contributed by atoms with Crippen LogP contribution in [0.25, 0.3) is 0 Å². The molecule has 0 saturated carbocycles. The summed E-state index contributed by atoms with van der Waals surface area (Å²) in [5.41, 5.74) is 1.27. The minimum absolute atomic E-state index is 0.188. The maximum atomic E-state index is 4.49. The van der Waals surface area contributed by atoms with E-state index in [9.17, 15) is 0 Å². The predicted molar refractivity (Wildman–Crippen MR) is 113 cm³/mol. The number of anilines is 1. The molecule has 0 bridgehead atoms. The molecule has 0 heterocycles. The van der Waals surface area contributed by atoms with Gasteiger partial charge in [0.15, 0.2) is 0 Å². The van der Waals surface area contributed by atoms with Crippen LogP contribution in [0.5, 0.6) is 0 Å². The Hall–Kier alpha value is 0.0123. The molecule has 4 heteroatoms. The quantitative estimate of drug-likeness (QED) is 0.274. The van der Waals surface area contributed by atoms with Crippen molar-refractivity contribution >= 4 is 28.4 Å². The molecule has 1 aromatic rings. The average molecular weight is 462 g/mol. The molecule has 1 aromatic carbocycles. The molecule has 24 heavy (non-hydrogen) atoms. The Morgan fingerprint density at radius 2 is 1.29 bits per heavy atom. The van der Waals surface area contributed by atoms with Gasteiger partial charge in [-0.15, -0.1) is 6.92 Å². The summed E-state index contributed by atoms with van der Waals surface area (Å²) in [4.78, 5) is 2.15. The summed E-state index contributed by atoms with van der Waals surface area (Å²) < 4.78 is 0. The van der Waals surface area contributed by atoms with Crippen LogP contribution in [-0.4, -0.2) is 24.4 Å². The predicted octanol–water partition coefficient (Wildman–Crippen LogP) is 6.54. The fourth-order valence-electron chi connectivity index (χ4n) is 2.68. The van der Waals surface area contributed by atoms with E-state index in [1.165, 1.54) is 11.0 Å². The Balaban J connectivity index is 0. The van der Waals surface area contributed by atoms with Crippen molar-refractivity contribution < 1.29 is 18.2 Å². The van der Waals surface area contributed by atoms with Crippen LogP contribution in [-0.2, 0) is 18.2 Å². The van der Waals surface area contributed by atoms with Gasteiger partial charge < -0.3 is 4.90 Å². The second-order valence-electron chi connectivity index (χ2n) is 7.66. The molecule has 0 fully saturated rings. The molecule has 0 aromatic heterocycles. The van der Waals surface area contributed by atoms with Crippen molar-refractivity contribution in [2.45, 2.75) is 58.8 Å². The zero-order valence-electron chi connectivity index (χ0n) is 16.8. The standard InChI is InChI=1S/C16H28NP.C4H7.ClH.Pd/c1-15(2,3)18(16(4,5)6)14-11-9-13(10-12-14)17(7)8;1-3-4-2;;/h9-12H,1-8H3;3-4H,1H2,2H3;1H;/q;-1;;+2/p-1/b;4-3+;;. The normalized spacial score (nSPS) is 11.5. The molecule has 0 N–H and O–H groups in total. The van der Waals surface area contributed by atoms with Gasteiger partial charge in [-0.1, -0.05) is 61.6 Å². The number of rotatable bonds is 2. The summed E-state index contributed by atoms with van der Waals surface area (Å²) >= 11 is 2.22. The van der Waals surface area contributed by atoms with Crippen molar-refractivity contribution in [3.63, 3.8) is 0 Å². The van der Waals surface area contributed by atoms with Gasteiger partial charge in [0, 0.05) is 19.8 Å². The molecule has 0 unspecified atom stereocenters. The molecule has 1 nitrogen and oxygen atoms in total. The molecule has 1 rings (SSSR count). The van der Waals surface area contributed by atoms with Gasteiger partial charge in [-0.3, -0.25) is 0 Å². The summed E-state index contributed by atoms with van der Waals surface area (Å²) in [7, 11) is 8.48. The molecule has 0 aliphatic carbocycles. The average Bonchev–Trinajstić information content (AvgIpc) is 2.47. The van der Waals surface area contributed by atoms with Gasteiger partial charge in [-0.25, -0.2) is 19.1 Å². The van der Waals surface area contributed by atoms with E-state index in [-0.39, 0.29) is 7.92 Å². The Labute approximate surface area is 167 Å². The molecule has 0 saturated heterocycles. The summed E-state index contributed by atoms with van der Waals surface area (Å²) in [6.45, 7) is 19.6. The van der Waals surface area contributed by atoms with E-state index in [0.717, 1.165) is 0 Å². The SMILES string of the molecule is CN(C)c1ccc(P(C(C)(C)C)C(C)(C)C)cc1.[CH2-]/C=C/C.[Cl][Pd+]. The summed E-state index contributed by atoms with van der Waals surface area (Å²) in [5, 5.41) is 2.19. The van der Waals surface area contributed by atoms with E-state index in [2.05, 4.69) is 119 Å². The molecule has 0 aliphatic heterocycles. The van der Waals surface area contributed by atoms with Crippen molar-refractivity contribution in [2.24, 2.45) is 0 Å². The van der Waals surface area contributed by atoms with E-state index < -0.39 is 0 Å². The first-order chi connectivity index (χ1) is 10.9. The number of benzene rings is 1. The van der Waals surface area contributed by atoms with Gasteiger partial charge in [0.25, 0.3) is 0 Å². The molecule has 0 radical (unpaired) electrons. The Morgan fingerprint density at radius 1 is 0.958 bits per heavy atom. The van der Waals surface area contributed by atoms with Crippen LogP contribution in [0, 0.1) is 6.92 Å². The van der Waals surface area contributed by atoms with Gasteiger partial charge >= 0.3 is 27.7 Å². The zero-order chi connectivity index (χ0) is 19.6. The number of halogens is 1. The van der Waals surface area contributed by atoms with Crippen molar-refractivity contribution in [1.82, 2.24) is 0 Å². The summed E-state index contributed by atoms with van der Waals surface area (Å²) in [6, 6.07) is 9.11. The number of hydrogen-bond donors (Lipinski definition) is 0. The summed E-state index contributed by atoms with van der Waals surface area (Å²) in [6.07, 6.45) is 3.64. The third-order valence-electron chi connectivity index (χ3n) is 3.20. The first-order valence-electron chi connectivity index (χ1n) is 8.05. The topological polar surface area (TPSA) is 3.24 Å². The van der Waals surface area contributed by atoms with Gasteiger partial charge in [-0.2, -0.15) is 0 Å². The van der Waals surface area contributed by atoms with Crippen LogP contribution >= 0.6 is 17.5 Å². The maximum absolute atomic E-state index is 4.49. The van der Waals surface area contributed by atoms with E-state index in [1.807, 2.05) is 13.0 Å². The second kappa shape index (κ2) is 12.4. The molecule has 142 valence electrons. The third-order valence-corrected chi connectivity index (χ3v) is 6.70. The fraction of sp³-hybridized carbons (Fsp3) is 0.550. The van der Waals surface area contributed by atoms with E-state index in [1.54, 1.807) is 6.08 Å². The number of allylic oxidation sites excluding steroid dienone is 2. The van der Waals surface area contributed by atoms with E-state index in [4.69, 9.17) is 0 Å². The second-order valence-corrected chi connectivity index (χ2v) is 11.5. The number of hydrogen-bond acceptors (Lipinski definition) is 1. The van der Waals surface area contributed by atoms with Crippen molar-refractivity contribution in [2.75, 3.05) is 19.0 Å². The van der Waals surface area contributed by atoms with Crippen LogP contribution in [0.4, 0.5) is 5.69 Å². The Kier molecular flexibility index (Phi) is 13.5. The van der Waals surface area contributed by atoms with E-state index >= 15 is 0 Å². The van der Waals surface area contributed by atoms with Crippen LogP contribution in [0.15, 0.2) is 36.4 Å². The first-order valence-corrected chi connectivity index (χ1v) is 11.4. The molecule has 0 spiro atoms. The summed E-state index contributed by atoms with van der Waals surface area (Å²) in [5.74, 6) is 0. The van der Waals surface area contributed by atoms with Gasteiger partial charge in [0.1, 0.15) is 0 Å². The Bertz CT molecular complexity index is 438. The van der Waals surface area contributed by atoms with Crippen molar-refractivity contribution in [1.29, 1.82) is 0 Å². The Morgan fingerprint density at radius 3 is 1.50 bits per heavy atom. The molecule has 0 amide bonds. The zero-order valence-corrected chi connectivity index (χ0v) is 20.0. The van der Waals surface area contributed by atoms with E-state index in [0.29, 0.717) is 10.3 Å². The van der Waals surface area contributed by atoms with Crippen LogP contribution < -0.4 is 10.2 Å². The fourth-order valence-corrected chi connectivity index (χ4v) is 6.69. The van der Waals surface area contributed by atoms with Crippen LogP contribution in [0.3, 0.4) is 0 Å². The van der Waals surface area contributed by atoms with Crippen molar-refractivity contribution in [3.8, 4) is 0 Å². The molecular weight excluding hydrogens is 427 g/mol.